The topological polar surface area (TPSA) is 55.9 Å². The fraction of sp³-hybridized carbons (Fsp3) is 0.600. The smallest absolute Gasteiger partial charge is 0.101 e. The Hall–Kier alpha value is -1.62. The van der Waals surface area contributed by atoms with Crippen molar-refractivity contribution < 1.29 is 5.11 Å². The monoisotopic (exact) mass is 276 g/mol. The summed E-state index contributed by atoms with van der Waals surface area (Å²) in [5.41, 5.74) is 2.81. The Balaban J connectivity index is 2.14. The molecule has 2 heterocycles. The van der Waals surface area contributed by atoms with Gasteiger partial charge in [0, 0.05) is 25.2 Å². The highest BCUT2D eigenvalue weighted by Crippen LogP contribution is 2.19. The van der Waals surface area contributed by atoms with E-state index in [0.29, 0.717) is 12.5 Å². The van der Waals surface area contributed by atoms with Crippen LogP contribution >= 0.6 is 0 Å². The van der Waals surface area contributed by atoms with Crippen molar-refractivity contribution in [1.82, 2.24) is 19.6 Å². The molecule has 1 unspecified atom stereocenters. The van der Waals surface area contributed by atoms with Crippen LogP contribution in [0, 0.1) is 0 Å². The lowest BCUT2D eigenvalue weighted by molar-refractivity contribution is 0.165. The van der Waals surface area contributed by atoms with E-state index >= 15 is 0 Å². The number of aliphatic hydroxyl groups is 1. The number of nitrogens with zero attached hydrogens (tertiary/aromatic N) is 4. The molecule has 5 heteroatoms. The van der Waals surface area contributed by atoms with Gasteiger partial charge in [0.15, 0.2) is 0 Å². The maximum Gasteiger partial charge on any atom is 0.101 e. The Kier molecular flexibility index (Phi) is 4.60. The highest BCUT2D eigenvalue weighted by atomic mass is 16.3. The van der Waals surface area contributed by atoms with Crippen LogP contribution in [0.25, 0.3) is 0 Å². The van der Waals surface area contributed by atoms with Gasteiger partial charge >= 0.3 is 0 Å². The van der Waals surface area contributed by atoms with Crippen molar-refractivity contribution in [2.45, 2.75) is 59.2 Å². The van der Waals surface area contributed by atoms with Gasteiger partial charge in [-0.3, -0.25) is 9.36 Å². The minimum absolute atomic E-state index is 0.341. The largest absolute Gasteiger partial charge is 0.386 e. The molecular formula is C15H24N4O. The number of rotatable bonds is 6. The molecule has 0 saturated heterocycles. The van der Waals surface area contributed by atoms with Crippen LogP contribution in [0.4, 0.5) is 0 Å². The molecule has 110 valence electrons. The molecule has 1 N–H and O–H groups in total. The van der Waals surface area contributed by atoms with Crippen molar-refractivity contribution >= 4 is 0 Å². The fourth-order valence-corrected chi connectivity index (χ4v) is 2.26. The molecule has 0 amide bonds. The second-order valence-corrected chi connectivity index (χ2v) is 5.33. The Bertz CT molecular complexity index is 556. The van der Waals surface area contributed by atoms with Gasteiger partial charge in [0.2, 0.25) is 0 Å². The van der Waals surface area contributed by atoms with E-state index in [1.807, 2.05) is 34.6 Å². The molecule has 20 heavy (non-hydrogen) atoms. The molecule has 2 rings (SSSR count). The Morgan fingerprint density at radius 3 is 2.50 bits per heavy atom. The fourth-order valence-electron chi connectivity index (χ4n) is 2.26. The molecule has 0 aromatic carbocycles. The average molecular weight is 276 g/mol. The highest BCUT2D eigenvalue weighted by Gasteiger charge is 2.17. The van der Waals surface area contributed by atoms with Crippen molar-refractivity contribution in [1.29, 1.82) is 0 Å². The van der Waals surface area contributed by atoms with Gasteiger partial charge < -0.3 is 5.11 Å². The average Bonchev–Trinajstić information content (AvgIpc) is 3.04. The van der Waals surface area contributed by atoms with E-state index in [-0.39, 0.29) is 0 Å². The zero-order chi connectivity index (χ0) is 14.7. The Morgan fingerprint density at radius 2 is 1.95 bits per heavy atom. The van der Waals surface area contributed by atoms with Crippen molar-refractivity contribution in [2.24, 2.45) is 0 Å². The number of hydrogen-bond acceptors (Lipinski definition) is 3. The van der Waals surface area contributed by atoms with Gasteiger partial charge in [-0.05, 0) is 39.3 Å². The van der Waals surface area contributed by atoms with Crippen LogP contribution in [0.5, 0.6) is 0 Å². The molecule has 0 radical (unpaired) electrons. The van der Waals surface area contributed by atoms with Crippen LogP contribution in [0.1, 0.15) is 56.9 Å². The Labute approximate surface area is 120 Å². The zero-order valence-corrected chi connectivity index (χ0v) is 12.7. The van der Waals surface area contributed by atoms with Gasteiger partial charge in [-0.25, -0.2) is 0 Å². The van der Waals surface area contributed by atoms with Crippen molar-refractivity contribution in [2.75, 3.05) is 0 Å². The van der Waals surface area contributed by atoms with E-state index < -0.39 is 6.10 Å². The lowest BCUT2D eigenvalue weighted by Crippen LogP contribution is -2.11. The summed E-state index contributed by atoms with van der Waals surface area (Å²) in [6.45, 7) is 9.06. The first-order valence-electron chi connectivity index (χ1n) is 7.33. The van der Waals surface area contributed by atoms with Crippen molar-refractivity contribution in [3.05, 3.63) is 35.4 Å². The van der Waals surface area contributed by atoms with Crippen LogP contribution in [0.15, 0.2) is 18.3 Å². The van der Waals surface area contributed by atoms with Gasteiger partial charge in [-0.2, -0.15) is 10.2 Å². The van der Waals surface area contributed by atoms with Gasteiger partial charge in [0.25, 0.3) is 0 Å². The van der Waals surface area contributed by atoms with Gasteiger partial charge in [0.1, 0.15) is 6.10 Å². The number of aryl methyl sites for hydroxylation is 2. The summed E-state index contributed by atoms with van der Waals surface area (Å²) in [6, 6.07) is 4.30. The summed E-state index contributed by atoms with van der Waals surface area (Å²) < 4.78 is 3.79. The van der Waals surface area contributed by atoms with Crippen LogP contribution in [0.3, 0.4) is 0 Å². The molecule has 0 fully saturated rings. The quantitative estimate of drug-likeness (QED) is 0.882. The molecule has 0 aliphatic carbocycles. The highest BCUT2D eigenvalue weighted by molar-refractivity contribution is 5.15. The summed E-state index contributed by atoms with van der Waals surface area (Å²) >= 11 is 0. The number of hydrogen-bond donors (Lipinski definition) is 1. The first-order valence-corrected chi connectivity index (χ1v) is 7.33. The van der Waals surface area contributed by atoms with E-state index in [2.05, 4.69) is 31.0 Å². The second kappa shape index (κ2) is 6.22. The molecule has 0 spiro atoms. The van der Waals surface area contributed by atoms with Gasteiger partial charge in [0.05, 0.1) is 17.1 Å². The van der Waals surface area contributed by atoms with Crippen LogP contribution in [-0.2, 0) is 19.4 Å². The molecule has 0 aliphatic heterocycles. The van der Waals surface area contributed by atoms with E-state index in [1.165, 1.54) is 0 Å². The molecule has 0 aliphatic rings. The summed E-state index contributed by atoms with van der Waals surface area (Å²) in [5, 5.41) is 19.4. The molecule has 2 aromatic rings. The Morgan fingerprint density at radius 1 is 1.20 bits per heavy atom. The van der Waals surface area contributed by atoms with Gasteiger partial charge in [-0.15, -0.1) is 0 Å². The van der Waals surface area contributed by atoms with Crippen LogP contribution in [0.2, 0.25) is 0 Å². The number of aliphatic hydroxyl groups excluding tert-OH is 1. The third kappa shape index (κ3) is 3.10. The SMILES string of the molecule is CCc1cc(C(O)Cc2ccn(C(C)C)n2)n(CC)n1. The maximum atomic E-state index is 10.4. The maximum absolute atomic E-state index is 10.4. The standard InChI is InChI=1S/C15H24N4O/c1-5-12-9-14(18(6-2)16-12)15(20)10-13-7-8-19(17-13)11(3)4/h7-9,11,15,20H,5-6,10H2,1-4H3. The lowest BCUT2D eigenvalue weighted by atomic mass is 10.1. The summed E-state index contributed by atoms with van der Waals surface area (Å²) in [5.74, 6) is 0. The third-order valence-electron chi connectivity index (χ3n) is 3.46. The minimum atomic E-state index is -0.557. The summed E-state index contributed by atoms with van der Waals surface area (Å²) in [7, 11) is 0. The lowest BCUT2D eigenvalue weighted by Gasteiger charge is -2.11. The van der Waals surface area contributed by atoms with E-state index in [1.54, 1.807) is 0 Å². The first-order chi connectivity index (χ1) is 9.55. The zero-order valence-electron chi connectivity index (χ0n) is 12.7. The molecular weight excluding hydrogens is 252 g/mol. The molecule has 5 nitrogen and oxygen atoms in total. The first kappa shape index (κ1) is 14.8. The molecule has 1 atom stereocenters. The van der Waals surface area contributed by atoms with E-state index in [4.69, 9.17) is 0 Å². The molecule has 2 aromatic heterocycles. The van der Waals surface area contributed by atoms with Crippen LogP contribution < -0.4 is 0 Å². The van der Waals surface area contributed by atoms with Crippen LogP contribution in [-0.4, -0.2) is 24.7 Å². The van der Waals surface area contributed by atoms with Gasteiger partial charge in [-0.1, -0.05) is 6.92 Å². The predicted octanol–water partition coefficient (Wildman–Crippen LogP) is 2.52. The van der Waals surface area contributed by atoms with Crippen molar-refractivity contribution in [3.8, 4) is 0 Å². The molecule has 0 bridgehead atoms. The normalized spacial score (nSPS) is 13.1. The number of aromatic nitrogens is 4. The summed E-state index contributed by atoms with van der Waals surface area (Å²) in [6.07, 6.45) is 2.81. The predicted molar refractivity (Wildman–Crippen MR) is 78.6 cm³/mol. The second-order valence-electron chi connectivity index (χ2n) is 5.33. The minimum Gasteiger partial charge on any atom is -0.386 e. The van der Waals surface area contributed by atoms with Crippen molar-refractivity contribution in [3.63, 3.8) is 0 Å². The van der Waals surface area contributed by atoms with E-state index in [0.717, 1.165) is 30.0 Å². The third-order valence-corrected chi connectivity index (χ3v) is 3.46. The van der Waals surface area contributed by atoms with E-state index in [9.17, 15) is 5.11 Å². The molecule has 0 saturated carbocycles. The summed E-state index contributed by atoms with van der Waals surface area (Å²) in [4.78, 5) is 0.